The van der Waals surface area contributed by atoms with Crippen LogP contribution in [0, 0.1) is 0 Å². The Morgan fingerprint density at radius 2 is 2.12 bits per heavy atom. The van der Waals surface area contributed by atoms with Crippen LogP contribution in [0.15, 0.2) is 12.8 Å². The summed E-state index contributed by atoms with van der Waals surface area (Å²) in [6.07, 6.45) is 2.28. The van der Waals surface area contributed by atoms with E-state index < -0.39 is 10.0 Å². The van der Waals surface area contributed by atoms with E-state index in [1.807, 2.05) is 4.83 Å². The van der Waals surface area contributed by atoms with Crippen molar-refractivity contribution in [3.8, 4) is 0 Å². The molecule has 0 aliphatic heterocycles. The number of nitrogens with one attached hydrogen (secondary N) is 2. The van der Waals surface area contributed by atoms with Gasteiger partial charge in [0.25, 0.3) is 0 Å². The zero-order chi connectivity index (χ0) is 6.62. The smallest absolute Gasteiger partial charge is 0.225 e. The first-order chi connectivity index (χ1) is 3.56. The molecule has 0 unspecified atom stereocenters. The molecule has 0 aromatic rings. The molecule has 0 saturated heterocycles. The zero-order valence-electron chi connectivity index (χ0n) is 4.51. The average Bonchev–Trinajstić information content (AvgIpc) is 1.59. The Hall–Kier alpha value is -0.550. The van der Waals surface area contributed by atoms with Gasteiger partial charge in [-0.05, 0) is 0 Å². The minimum absolute atomic E-state index is 1.05. The van der Waals surface area contributed by atoms with Gasteiger partial charge in [0.1, 0.15) is 0 Å². The average molecular weight is 136 g/mol. The summed E-state index contributed by atoms with van der Waals surface area (Å²) in [5, 5.41) is 0. The Kier molecular flexibility index (Phi) is 2.50. The highest BCUT2D eigenvalue weighted by molar-refractivity contribution is 7.88. The van der Waals surface area contributed by atoms with Crippen molar-refractivity contribution in [3.05, 3.63) is 12.8 Å². The van der Waals surface area contributed by atoms with Gasteiger partial charge in [0.15, 0.2) is 0 Å². The fourth-order valence-corrected chi connectivity index (χ4v) is 0.446. The van der Waals surface area contributed by atoms with Crippen LogP contribution in [-0.2, 0) is 10.0 Å². The van der Waals surface area contributed by atoms with Gasteiger partial charge in [0, 0.05) is 6.20 Å². The van der Waals surface area contributed by atoms with Gasteiger partial charge >= 0.3 is 0 Å². The second-order valence-corrected chi connectivity index (χ2v) is 2.97. The number of rotatable bonds is 3. The predicted molar refractivity (Wildman–Crippen MR) is 31.3 cm³/mol. The molecule has 0 aliphatic carbocycles. The summed E-state index contributed by atoms with van der Waals surface area (Å²) >= 11 is 0. The summed E-state index contributed by atoms with van der Waals surface area (Å²) in [5.74, 6) is 0. The van der Waals surface area contributed by atoms with Crippen molar-refractivity contribution in [2.45, 2.75) is 0 Å². The highest BCUT2D eigenvalue weighted by atomic mass is 32.2. The molecular formula is C3H8N2O2S. The van der Waals surface area contributed by atoms with Gasteiger partial charge in [-0.2, -0.15) is 0 Å². The number of hydrogen-bond acceptors (Lipinski definition) is 3. The van der Waals surface area contributed by atoms with Crippen LogP contribution in [-0.4, -0.2) is 14.7 Å². The van der Waals surface area contributed by atoms with E-state index in [0.29, 0.717) is 0 Å². The van der Waals surface area contributed by atoms with E-state index >= 15 is 0 Å². The van der Waals surface area contributed by atoms with Crippen molar-refractivity contribution >= 4 is 10.0 Å². The molecule has 0 aromatic carbocycles. The SMILES string of the molecule is C=CNNS(C)(=O)=O. The Bertz CT molecular complexity index is 160. The zero-order valence-corrected chi connectivity index (χ0v) is 5.33. The van der Waals surface area contributed by atoms with Gasteiger partial charge in [0.2, 0.25) is 10.0 Å². The van der Waals surface area contributed by atoms with E-state index in [-0.39, 0.29) is 0 Å². The highest BCUT2D eigenvalue weighted by Gasteiger charge is 1.93. The van der Waals surface area contributed by atoms with E-state index in [0.717, 1.165) is 6.26 Å². The molecule has 0 bridgehead atoms. The van der Waals surface area contributed by atoms with Gasteiger partial charge in [-0.1, -0.05) is 6.58 Å². The molecule has 48 valence electrons. The van der Waals surface area contributed by atoms with Crippen LogP contribution >= 0.6 is 0 Å². The molecule has 0 aromatic heterocycles. The highest BCUT2D eigenvalue weighted by Crippen LogP contribution is 1.65. The van der Waals surface area contributed by atoms with Gasteiger partial charge < -0.3 is 5.43 Å². The Morgan fingerprint density at radius 3 is 2.25 bits per heavy atom. The summed E-state index contributed by atoms with van der Waals surface area (Å²) in [6, 6.07) is 0. The van der Waals surface area contributed by atoms with Crippen molar-refractivity contribution in [1.29, 1.82) is 0 Å². The largest absolute Gasteiger partial charge is 0.316 e. The number of sulfonamides is 1. The van der Waals surface area contributed by atoms with E-state index in [9.17, 15) is 8.42 Å². The maximum absolute atomic E-state index is 10.2. The summed E-state index contributed by atoms with van der Waals surface area (Å²) in [7, 11) is -3.12. The lowest BCUT2D eigenvalue weighted by molar-refractivity contribution is 0.581. The van der Waals surface area contributed by atoms with E-state index in [1.165, 1.54) is 6.20 Å². The van der Waals surface area contributed by atoms with E-state index in [2.05, 4.69) is 12.0 Å². The first-order valence-electron chi connectivity index (χ1n) is 1.89. The van der Waals surface area contributed by atoms with Crippen LogP contribution in [0.4, 0.5) is 0 Å². The van der Waals surface area contributed by atoms with Crippen LogP contribution in [0.3, 0.4) is 0 Å². The first-order valence-corrected chi connectivity index (χ1v) is 3.78. The standard InChI is InChI=1S/C3H8N2O2S/c1-3-4-5-8(2,6)7/h3-5H,1H2,2H3. The maximum atomic E-state index is 10.2. The molecule has 0 aliphatic rings. The normalized spacial score (nSPS) is 10.6. The molecule has 0 radical (unpaired) electrons. The summed E-state index contributed by atoms with van der Waals surface area (Å²) < 4.78 is 20.3. The molecule has 0 atom stereocenters. The summed E-state index contributed by atoms with van der Waals surface area (Å²) in [4.78, 5) is 1.98. The molecule has 0 fully saturated rings. The molecule has 0 saturated carbocycles. The molecule has 4 nitrogen and oxygen atoms in total. The second-order valence-electron chi connectivity index (χ2n) is 1.22. The molecule has 0 amide bonds. The molecule has 2 N–H and O–H groups in total. The first kappa shape index (κ1) is 7.45. The predicted octanol–water partition coefficient (Wildman–Crippen LogP) is -0.816. The van der Waals surface area contributed by atoms with Crippen molar-refractivity contribution in [3.63, 3.8) is 0 Å². The lowest BCUT2D eigenvalue weighted by Crippen LogP contribution is -2.32. The molecule has 8 heavy (non-hydrogen) atoms. The van der Waals surface area contributed by atoms with Crippen LogP contribution in [0.1, 0.15) is 0 Å². The topological polar surface area (TPSA) is 58.2 Å². The monoisotopic (exact) mass is 136 g/mol. The third kappa shape index (κ3) is 5.45. The fourth-order valence-electron chi connectivity index (χ4n) is 0.149. The van der Waals surface area contributed by atoms with Crippen LogP contribution in [0.5, 0.6) is 0 Å². The molecule has 0 spiro atoms. The van der Waals surface area contributed by atoms with Crippen LogP contribution < -0.4 is 10.3 Å². The van der Waals surface area contributed by atoms with Crippen molar-refractivity contribution < 1.29 is 8.42 Å². The van der Waals surface area contributed by atoms with Crippen molar-refractivity contribution in [2.24, 2.45) is 0 Å². The van der Waals surface area contributed by atoms with Crippen molar-refractivity contribution in [1.82, 2.24) is 10.3 Å². The van der Waals surface area contributed by atoms with Gasteiger partial charge in [-0.25, -0.2) is 8.42 Å². The lowest BCUT2D eigenvalue weighted by Gasteiger charge is -1.96. The molecule has 0 rings (SSSR count). The molecule has 5 heteroatoms. The minimum atomic E-state index is -3.12. The van der Waals surface area contributed by atoms with Gasteiger partial charge in [-0.15, -0.1) is 4.83 Å². The van der Waals surface area contributed by atoms with E-state index in [4.69, 9.17) is 0 Å². The van der Waals surface area contributed by atoms with E-state index in [1.54, 1.807) is 0 Å². The quantitative estimate of drug-likeness (QED) is 0.498. The van der Waals surface area contributed by atoms with Crippen LogP contribution in [0.2, 0.25) is 0 Å². The second kappa shape index (κ2) is 2.68. The van der Waals surface area contributed by atoms with Gasteiger partial charge in [-0.3, -0.25) is 0 Å². The lowest BCUT2D eigenvalue weighted by atomic mass is 11.1. The maximum Gasteiger partial charge on any atom is 0.225 e. The Labute approximate surface area is 48.6 Å². The third-order valence-electron chi connectivity index (χ3n) is 0.346. The number of hydrogen-bond donors (Lipinski definition) is 2. The third-order valence-corrected chi connectivity index (χ3v) is 0.835. The Balaban J connectivity index is 3.57. The summed E-state index contributed by atoms with van der Waals surface area (Å²) in [6.45, 7) is 3.23. The minimum Gasteiger partial charge on any atom is -0.316 e. The fraction of sp³-hybridized carbons (Fsp3) is 0.333. The summed E-state index contributed by atoms with van der Waals surface area (Å²) in [5.41, 5.74) is 2.21. The van der Waals surface area contributed by atoms with Gasteiger partial charge in [0.05, 0.1) is 6.26 Å². The number of hydrazine groups is 1. The van der Waals surface area contributed by atoms with Crippen LogP contribution in [0.25, 0.3) is 0 Å². The Morgan fingerprint density at radius 1 is 1.62 bits per heavy atom. The molecule has 0 heterocycles. The van der Waals surface area contributed by atoms with Crippen molar-refractivity contribution in [2.75, 3.05) is 6.26 Å². The molecular weight excluding hydrogens is 128 g/mol.